The minimum Gasteiger partial charge on any atom is -0.378 e. The SMILES string of the molecule is CCn1c(SCC(=O)Nc2cc(F)ccc2C)nnc1N1CCOCC1. The molecule has 0 spiro atoms. The predicted molar refractivity (Wildman–Crippen MR) is 99.2 cm³/mol. The average molecular weight is 379 g/mol. The monoisotopic (exact) mass is 379 g/mol. The van der Waals surface area contributed by atoms with E-state index in [1.165, 1.54) is 23.9 Å². The Morgan fingerprint density at radius 3 is 2.85 bits per heavy atom. The standard InChI is InChI=1S/C17H22FN5O2S/c1-3-23-16(22-6-8-25-9-7-22)20-21-17(23)26-11-15(24)19-14-10-13(18)5-4-12(14)2/h4-5,10H,3,6-9,11H2,1-2H3,(H,19,24). The Hall–Kier alpha value is -2.13. The van der Waals surface area contributed by atoms with E-state index in [1.807, 2.05) is 18.4 Å². The van der Waals surface area contributed by atoms with Crippen molar-refractivity contribution >= 4 is 29.3 Å². The normalized spacial score (nSPS) is 14.5. The largest absolute Gasteiger partial charge is 0.378 e. The second-order valence-electron chi connectivity index (χ2n) is 5.92. The van der Waals surface area contributed by atoms with Crippen LogP contribution in [0.25, 0.3) is 0 Å². The number of hydrogen-bond acceptors (Lipinski definition) is 6. The van der Waals surface area contributed by atoms with Gasteiger partial charge in [-0.05, 0) is 31.5 Å². The zero-order valence-corrected chi connectivity index (χ0v) is 15.7. The molecule has 2 aromatic rings. The summed E-state index contributed by atoms with van der Waals surface area (Å²) in [6, 6.07) is 4.33. The molecule has 3 rings (SSSR count). The van der Waals surface area contributed by atoms with Crippen LogP contribution >= 0.6 is 11.8 Å². The number of carbonyl (C=O) groups excluding carboxylic acids is 1. The lowest BCUT2D eigenvalue weighted by Crippen LogP contribution is -2.38. The van der Waals surface area contributed by atoms with Crippen molar-refractivity contribution in [1.29, 1.82) is 0 Å². The molecule has 1 amide bonds. The fourth-order valence-electron chi connectivity index (χ4n) is 2.71. The molecule has 26 heavy (non-hydrogen) atoms. The number of hydrogen-bond donors (Lipinski definition) is 1. The van der Waals surface area contributed by atoms with Gasteiger partial charge in [0.15, 0.2) is 5.16 Å². The first kappa shape index (κ1) is 18.7. The molecular formula is C17H22FN5O2S. The summed E-state index contributed by atoms with van der Waals surface area (Å²) < 4.78 is 20.7. The van der Waals surface area contributed by atoms with Crippen molar-refractivity contribution < 1.29 is 13.9 Å². The molecule has 0 bridgehead atoms. The van der Waals surface area contributed by atoms with Gasteiger partial charge in [0, 0.05) is 25.3 Å². The number of thioether (sulfide) groups is 1. The fourth-order valence-corrected chi connectivity index (χ4v) is 3.50. The molecule has 0 unspecified atom stereocenters. The van der Waals surface area contributed by atoms with Crippen LogP contribution in [0.1, 0.15) is 12.5 Å². The highest BCUT2D eigenvalue weighted by atomic mass is 32.2. The number of nitrogens with zero attached hydrogens (tertiary/aromatic N) is 4. The van der Waals surface area contributed by atoms with Crippen molar-refractivity contribution in [2.45, 2.75) is 25.5 Å². The van der Waals surface area contributed by atoms with Crippen LogP contribution in [-0.2, 0) is 16.1 Å². The number of rotatable bonds is 6. The summed E-state index contributed by atoms with van der Waals surface area (Å²) >= 11 is 1.32. The number of carbonyl (C=O) groups is 1. The van der Waals surface area contributed by atoms with Gasteiger partial charge in [0.2, 0.25) is 11.9 Å². The van der Waals surface area contributed by atoms with Crippen molar-refractivity contribution in [1.82, 2.24) is 14.8 Å². The Morgan fingerprint density at radius 1 is 1.35 bits per heavy atom. The summed E-state index contributed by atoms with van der Waals surface area (Å²) in [6.07, 6.45) is 0. The zero-order chi connectivity index (χ0) is 18.5. The molecule has 1 aliphatic rings. The van der Waals surface area contributed by atoms with Crippen LogP contribution in [0.3, 0.4) is 0 Å². The van der Waals surface area contributed by atoms with E-state index in [0.717, 1.165) is 24.6 Å². The number of halogens is 1. The van der Waals surface area contributed by atoms with Gasteiger partial charge in [0.1, 0.15) is 5.82 Å². The second-order valence-corrected chi connectivity index (χ2v) is 6.86. The number of aryl methyl sites for hydroxylation is 1. The quantitative estimate of drug-likeness (QED) is 0.777. The lowest BCUT2D eigenvalue weighted by Gasteiger charge is -2.27. The van der Waals surface area contributed by atoms with Gasteiger partial charge >= 0.3 is 0 Å². The molecule has 2 heterocycles. The summed E-state index contributed by atoms with van der Waals surface area (Å²) in [4.78, 5) is 14.4. The maximum absolute atomic E-state index is 13.3. The minimum absolute atomic E-state index is 0.178. The highest BCUT2D eigenvalue weighted by molar-refractivity contribution is 7.99. The van der Waals surface area contributed by atoms with Gasteiger partial charge in [-0.2, -0.15) is 0 Å². The predicted octanol–water partition coefficient (Wildman–Crippen LogP) is 2.31. The second kappa shape index (κ2) is 8.50. The molecule has 1 aromatic carbocycles. The summed E-state index contributed by atoms with van der Waals surface area (Å²) in [6.45, 7) is 7.47. The molecule has 7 nitrogen and oxygen atoms in total. The van der Waals surface area contributed by atoms with E-state index >= 15 is 0 Å². The summed E-state index contributed by atoms with van der Waals surface area (Å²) in [7, 11) is 0. The van der Waals surface area contributed by atoms with Crippen LogP contribution in [0.2, 0.25) is 0 Å². The van der Waals surface area contributed by atoms with Gasteiger partial charge in [-0.15, -0.1) is 10.2 Å². The Labute approximate surface area is 155 Å². The number of aromatic nitrogens is 3. The number of anilines is 2. The van der Waals surface area contributed by atoms with Crippen LogP contribution in [0, 0.1) is 12.7 Å². The number of amides is 1. The van der Waals surface area contributed by atoms with E-state index in [9.17, 15) is 9.18 Å². The van der Waals surface area contributed by atoms with Gasteiger partial charge in [0.05, 0.1) is 19.0 Å². The molecular weight excluding hydrogens is 357 g/mol. The molecule has 1 saturated heterocycles. The van der Waals surface area contributed by atoms with Crippen LogP contribution < -0.4 is 10.2 Å². The summed E-state index contributed by atoms with van der Waals surface area (Å²) in [5, 5.41) is 11.9. The van der Waals surface area contributed by atoms with Crippen molar-refractivity contribution in [2.24, 2.45) is 0 Å². The molecule has 1 N–H and O–H groups in total. The fraction of sp³-hybridized carbons (Fsp3) is 0.471. The third-order valence-electron chi connectivity index (χ3n) is 4.11. The number of ether oxygens (including phenoxy) is 1. The molecule has 1 aromatic heterocycles. The van der Waals surface area contributed by atoms with Crippen LogP contribution in [-0.4, -0.2) is 52.7 Å². The van der Waals surface area contributed by atoms with E-state index < -0.39 is 0 Å². The Balaban J connectivity index is 1.63. The minimum atomic E-state index is -0.376. The van der Waals surface area contributed by atoms with Crippen molar-refractivity contribution in [3.63, 3.8) is 0 Å². The van der Waals surface area contributed by atoms with E-state index in [1.54, 1.807) is 6.07 Å². The first-order valence-electron chi connectivity index (χ1n) is 8.53. The zero-order valence-electron chi connectivity index (χ0n) is 14.9. The maximum atomic E-state index is 13.3. The molecule has 140 valence electrons. The number of benzene rings is 1. The lowest BCUT2D eigenvalue weighted by atomic mass is 10.2. The highest BCUT2D eigenvalue weighted by Gasteiger charge is 2.20. The third-order valence-corrected chi connectivity index (χ3v) is 5.08. The van der Waals surface area contributed by atoms with Crippen molar-refractivity contribution in [2.75, 3.05) is 42.3 Å². The average Bonchev–Trinajstić information content (AvgIpc) is 3.06. The van der Waals surface area contributed by atoms with Gasteiger partial charge in [-0.3, -0.25) is 9.36 Å². The third kappa shape index (κ3) is 4.34. The molecule has 0 aliphatic carbocycles. The van der Waals surface area contributed by atoms with Crippen LogP contribution in [0.5, 0.6) is 0 Å². The first-order chi connectivity index (χ1) is 12.6. The number of nitrogens with one attached hydrogen (secondary N) is 1. The highest BCUT2D eigenvalue weighted by Crippen LogP contribution is 2.23. The van der Waals surface area contributed by atoms with Gasteiger partial charge in [-0.25, -0.2) is 4.39 Å². The summed E-state index contributed by atoms with van der Waals surface area (Å²) in [5.74, 6) is 0.401. The molecule has 9 heteroatoms. The van der Waals surface area contributed by atoms with E-state index in [4.69, 9.17) is 4.74 Å². The molecule has 0 saturated carbocycles. The lowest BCUT2D eigenvalue weighted by molar-refractivity contribution is -0.113. The Morgan fingerprint density at radius 2 is 2.12 bits per heavy atom. The van der Waals surface area contributed by atoms with Gasteiger partial charge in [-0.1, -0.05) is 17.8 Å². The van der Waals surface area contributed by atoms with E-state index in [0.29, 0.717) is 30.6 Å². The number of morpholine rings is 1. The van der Waals surface area contributed by atoms with Gasteiger partial charge in [0.25, 0.3) is 0 Å². The van der Waals surface area contributed by atoms with E-state index in [2.05, 4.69) is 20.4 Å². The summed E-state index contributed by atoms with van der Waals surface area (Å²) in [5.41, 5.74) is 1.30. The molecule has 1 aliphatic heterocycles. The molecule has 1 fully saturated rings. The smallest absolute Gasteiger partial charge is 0.234 e. The van der Waals surface area contributed by atoms with E-state index in [-0.39, 0.29) is 17.5 Å². The van der Waals surface area contributed by atoms with Crippen molar-refractivity contribution in [3.05, 3.63) is 29.6 Å². The molecule has 0 atom stereocenters. The van der Waals surface area contributed by atoms with Gasteiger partial charge < -0.3 is 15.0 Å². The molecule has 0 radical (unpaired) electrons. The van der Waals surface area contributed by atoms with Crippen molar-refractivity contribution in [3.8, 4) is 0 Å². The first-order valence-corrected chi connectivity index (χ1v) is 9.51. The van der Waals surface area contributed by atoms with Crippen LogP contribution in [0.4, 0.5) is 16.0 Å². The topological polar surface area (TPSA) is 72.3 Å². The maximum Gasteiger partial charge on any atom is 0.234 e. The van der Waals surface area contributed by atoms with Crippen LogP contribution in [0.15, 0.2) is 23.4 Å². The Kier molecular flexibility index (Phi) is 6.10. The Bertz CT molecular complexity index is 777.